The number of aromatic amines is 1. The maximum absolute atomic E-state index is 11.7. The minimum absolute atomic E-state index is 0.254. The molecule has 0 bridgehead atoms. The van der Waals surface area contributed by atoms with E-state index in [1.165, 1.54) is 18.0 Å². The molecule has 24 heavy (non-hydrogen) atoms. The number of aromatic nitrogens is 1. The summed E-state index contributed by atoms with van der Waals surface area (Å²) in [5.41, 5.74) is 1.10. The fourth-order valence-corrected chi connectivity index (χ4v) is 3.14. The van der Waals surface area contributed by atoms with Crippen LogP contribution in [-0.2, 0) is 16.0 Å². The van der Waals surface area contributed by atoms with Crippen LogP contribution in [0.25, 0.3) is 10.9 Å². The maximum Gasteiger partial charge on any atom is 0.317 e. The predicted octanol–water partition coefficient (Wildman–Crippen LogP) is 3.15. The lowest BCUT2D eigenvalue weighted by Gasteiger charge is -2.25. The van der Waals surface area contributed by atoms with Crippen molar-refractivity contribution in [2.24, 2.45) is 5.41 Å². The minimum atomic E-state index is -1.22. The Kier molecular flexibility index (Phi) is 6.15. The zero-order valence-corrected chi connectivity index (χ0v) is 14.4. The van der Waals surface area contributed by atoms with E-state index in [4.69, 9.17) is 0 Å². The Bertz CT molecular complexity index is 658. The summed E-state index contributed by atoms with van der Waals surface area (Å²) in [6, 6.07) is 10.3. The van der Waals surface area contributed by atoms with Crippen LogP contribution in [0.4, 0.5) is 0 Å². The number of aliphatic carboxylic acids is 1. The number of carboxylic acid groups (broad SMARTS) is 1. The molecule has 0 aliphatic heterocycles. The quantitative estimate of drug-likeness (QED) is 0.462. The summed E-state index contributed by atoms with van der Waals surface area (Å²) in [7, 11) is 0. The van der Waals surface area contributed by atoms with E-state index in [0.717, 1.165) is 18.5 Å². The molecule has 1 heterocycles. The fourth-order valence-electron chi connectivity index (χ4n) is 3.14. The lowest BCUT2D eigenvalue weighted by molar-refractivity contribution is -0.155. The van der Waals surface area contributed by atoms with Crippen molar-refractivity contribution >= 4 is 22.7 Å². The van der Waals surface area contributed by atoms with Gasteiger partial charge in [-0.2, -0.15) is 0 Å². The first-order chi connectivity index (χ1) is 11.5. The van der Waals surface area contributed by atoms with Crippen molar-refractivity contribution in [2.45, 2.75) is 39.5 Å². The van der Waals surface area contributed by atoms with Crippen LogP contribution in [0.1, 0.15) is 38.8 Å². The first-order valence-corrected chi connectivity index (χ1v) is 8.51. The number of rotatable bonds is 10. The molecule has 0 radical (unpaired) electrons. The molecule has 3 N–H and O–H groups in total. The third-order valence-corrected chi connectivity index (χ3v) is 4.80. The summed E-state index contributed by atoms with van der Waals surface area (Å²) < 4.78 is 0. The Morgan fingerprint density at radius 1 is 1.25 bits per heavy atom. The van der Waals surface area contributed by atoms with Gasteiger partial charge in [0.15, 0.2) is 0 Å². The molecule has 1 atom stereocenters. The van der Waals surface area contributed by atoms with Gasteiger partial charge in [0.1, 0.15) is 11.2 Å². The highest BCUT2D eigenvalue weighted by Gasteiger charge is 2.40. The van der Waals surface area contributed by atoms with Gasteiger partial charge in [-0.3, -0.25) is 9.59 Å². The second-order valence-corrected chi connectivity index (χ2v) is 6.28. The smallest absolute Gasteiger partial charge is 0.317 e. The number of fused-ring (bicyclic) bond motifs is 1. The summed E-state index contributed by atoms with van der Waals surface area (Å²) >= 11 is 0. The molecule has 2 rings (SSSR count). The highest BCUT2D eigenvalue weighted by molar-refractivity contribution is 6.01. The zero-order valence-electron chi connectivity index (χ0n) is 14.4. The average molecular weight is 330 g/mol. The van der Waals surface area contributed by atoms with Crippen LogP contribution in [-0.4, -0.2) is 34.9 Å². The summed E-state index contributed by atoms with van der Waals surface area (Å²) in [6.45, 7) is 4.67. The van der Waals surface area contributed by atoms with E-state index >= 15 is 0 Å². The minimum Gasteiger partial charge on any atom is -0.480 e. The second kappa shape index (κ2) is 8.11. The van der Waals surface area contributed by atoms with Gasteiger partial charge in [-0.05, 0) is 56.7 Å². The number of para-hydroxylation sites is 1. The maximum atomic E-state index is 11.7. The molecule has 0 amide bonds. The van der Waals surface area contributed by atoms with Gasteiger partial charge in [0.05, 0.1) is 0 Å². The Morgan fingerprint density at radius 3 is 2.62 bits per heavy atom. The van der Waals surface area contributed by atoms with Crippen molar-refractivity contribution < 1.29 is 14.7 Å². The average Bonchev–Trinajstić information content (AvgIpc) is 2.96. The molecule has 0 aliphatic carbocycles. The number of nitrogens with one attached hydrogen (secondary N) is 2. The third kappa shape index (κ3) is 4.03. The largest absolute Gasteiger partial charge is 0.480 e. The van der Waals surface area contributed by atoms with Gasteiger partial charge in [-0.15, -0.1) is 0 Å². The summed E-state index contributed by atoms with van der Waals surface area (Å²) in [5, 5.41) is 13.9. The molecule has 0 saturated carbocycles. The van der Waals surface area contributed by atoms with E-state index < -0.39 is 11.4 Å². The van der Waals surface area contributed by atoms with Crippen LogP contribution in [0.2, 0.25) is 0 Å². The van der Waals surface area contributed by atoms with Crippen molar-refractivity contribution in [1.82, 2.24) is 10.3 Å². The molecule has 1 unspecified atom stereocenters. The van der Waals surface area contributed by atoms with Crippen molar-refractivity contribution in [3.8, 4) is 0 Å². The van der Waals surface area contributed by atoms with Gasteiger partial charge >= 0.3 is 5.97 Å². The van der Waals surface area contributed by atoms with Gasteiger partial charge in [-0.1, -0.05) is 25.1 Å². The van der Waals surface area contributed by atoms with Crippen LogP contribution in [0.15, 0.2) is 30.3 Å². The Morgan fingerprint density at radius 2 is 2.00 bits per heavy atom. The number of carbonyl (C=O) groups is 2. The predicted molar refractivity (Wildman–Crippen MR) is 95.1 cm³/mol. The number of carbonyl (C=O) groups excluding carboxylic acids is 1. The van der Waals surface area contributed by atoms with E-state index in [9.17, 15) is 14.7 Å². The van der Waals surface area contributed by atoms with Gasteiger partial charge < -0.3 is 15.4 Å². The van der Waals surface area contributed by atoms with Gasteiger partial charge in [0.25, 0.3) is 0 Å². The molecule has 0 aliphatic rings. The van der Waals surface area contributed by atoms with Crippen LogP contribution in [0.3, 0.4) is 0 Å². The number of hydrogen-bond donors (Lipinski definition) is 3. The van der Waals surface area contributed by atoms with Gasteiger partial charge in [0, 0.05) is 17.8 Å². The zero-order chi connectivity index (χ0) is 17.6. The van der Waals surface area contributed by atoms with Crippen molar-refractivity contribution in [3.63, 3.8) is 0 Å². The van der Waals surface area contributed by atoms with Crippen LogP contribution >= 0.6 is 0 Å². The lowest BCUT2D eigenvalue weighted by atomic mass is 9.77. The molecule has 5 nitrogen and oxygen atoms in total. The highest BCUT2D eigenvalue weighted by Crippen LogP contribution is 2.29. The van der Waals surface area contributed by atoms with E-state index in [-0.39, 0.29) is 5.78 Å². The summed E-state index contributed by atoms with van der Waals surface area (Å²) in [5.74, 6) is -1.26. The van der Waals surface area contributed by atoms with E-state index in [1.807, 2.05) is 12.1 Å². The molecule has 2 aromatic rings. The second-order valence-electron chi connectivity index (χ2n) is 6.28. The molecule has 0 spiro atoms. The topological polar surface area (TPSA) is 82.2 Å². The monoisotopic (exact) mass is 330 g/mol. The molecular formula is C19H26N2O3. The van der Waals surface area contributed by atoms with E-state index in [2.05, 4.69) is 28.5 Å². The lowest BCUT2D eigenvalue weighted by Crippen LogP contribution is -2.38. The highest BCUT2D eigenvalue weighted by atomic mass is 16.4. The number of benzene rings is 1. The number of Topliss-reactive ketones (excluding diaryl/α,β-unsaturated/α-hetero) is 1. The first-order valence-electron chi connectivity index (χ1n) is 8.51. The molecule has 0 fully saturated rings. The van der Waals surface area contributed by atoms with E-state index in [0.29, 0.717) is 25.8 Å². The van der Waals surface area contributed by atoms with Crippen molar-refractivity contribution in [2.75, 3.05) is 13.1 Å². The number of hydrogen-bond acceptors (Lipinski definition) is 3. The van der Waals surface area contributed by atoms with Crippen LogP contribution in [0.5, 0.6) is 0 Å². The summed E-state index contributed by atoms with van der Waals surface area (Å²) in [6.07, 6.45) is 2.28. The van der Waals surface area contributed by atoms with Gasteiger partial charge in [0.2, 0.25) is 0 Å². The SMILES string of the molecule is CCC(CCCNCCc1cc2ccccc2[nH]1)(C(C)=O)C(=O)O. The van der Waals surface area contributed by atoms with Crippen LogP contribution < -0.4 is 5.32 Å². The Hall–Kier alpha value is -2.14. The Balaban J connectivity index is 1.74. The first kappa shape index (κ1) is 18.2. The fraction of sp³-hybridized carbons (Fsp3) is 0.474. The van der Waals surface area contributed by atoms with Crippen molar-refractivity contribution in [1.29, 1.82) is 0 Å². The molecular weight excluding hydrogens is 304 g/mol. The molecule has 1 aromatic carbocycles. The third-order valence-electron chi connectivity index (χ3n) is 4.80. The summed E-state index contributed by atoms with van der Waals surface area (Å²) in [4.78, 5) is 26.5. The number of carboxylic acids is 1. The van der Waals surface area contributed by atoms with Gasteiger partial charge in [-0.25, -0.2) is 0 Å². The molecule has 1 aromatic heterocycles. The molecule has 0 saturated heterocycles. The molecule has 130 valence electrons. The number of H-pyrrole nitrogens is 1. The number of ketones is 1. The van der Waals surface area contributed by atoms with Crippen LogP contribution in [0, 0.1) is 5.41 Å². The Labute approximate surface area is 142 Å². The van der Waals surface area contributed by atoms with Crippen molar-refractivity contribution in [3.05, 3.63) is 36.0 Å². The van der Waals surface area contributed by atoms with E-state index in [1.54, 1.807) is 6.92 Å². The molecule has 5 heteroatoms. The normalized spacial score (nSPS) is 13.8. The standard InChI is InChI=1S/C19H26N2O3/c1-3-19(14(2)22,18(23)24)10-6-11-20-12-9-16-13-15-7-4-5-8-17(15)21-16/h4-5,7-8,13,20-21H,3,6,9-12H2,1-2H3,(H,23,24).